The van der Waals surface area contributed by atoms with Crippen LogP contribution in [0.3, 0.4) is 0 Å². The van der Waals surface area contributed by atoms with E-state index >= 15 is 0 Å². The normalized spacial score (nSPS) is 12.6. The van der Waals surface area contributed by atoms with Crippen molar-refractivity contribution >= 4 is 66.6 Å². The van der Waals surface area contributed by atoms with Gasteiger partial charge in [0.05, 0.1) is 26.8 Å². The van der Waals surface area contributed by atoms with Crippen LogP contribution in [0.4, 0.5) is 0 Å². The van der Waals surface area contributed by atoms with E-state index < -0.39 is 0 Å². The molecule has 1 atom stereocenters. The van der Waals surface area contributed by atoms with Crippen LogP contribution in [0.5, 0.6) is 5.75 Å². The molecule has 0 aliphatic carbocycles. The molecule has 0 N–H and O–H groups in total. The lowest BCUT2D eigenvalue weighted by Gasteiger charge is -2.14. The molecule has 0 unspecified atom stereocenters. The smallest absolute Gasteiger partial charge is 0.282 e. The second kappa shape index (κ2) is 9.94. The van der Waals surface area contributed by atoms with Crippen molar-refractivity contribution in [2.75, 3.05) is 0 Å². The van der Waals surface area contributed by atoms with E-state index in [1.807, 2.05) is 67.6 Å². The van der Waals surface area contributed by atoms with E-state index in [9.17, 15) is 4.79 Å². The van der Waals surface area contributed by atoms with Gasteiger partial charge in [0.2, 0.25) is 5.82 Å². The Hall–Kier alpha value is -2.98. The number of para-hydroxylation sites is 1. The molecule has 0 fully saturated rings. The van der Waals surface area contributed by atoms with Gasteiger partial charge in [-0.3, -0.25) is 4.79 Å². The Morgan fingerprint density at radius 3 is 2.80 bits per heavy atom. The molecule has 2 heterocycles. The molecule has 0 saturated carbocycles. The first-order chi connectivity index (χ1) is 16.9. The monoisotopic (exact) mass is 641 g/mol. The Labute approximate surface area is 223 Å². The van der Waals surface area contributed by atoms with E-state index in [-0.39, 0.29) is 11.7 Å². The number of aromatic nitrogens is 2. The minimum atomic E-state index is -0.269. The van der Waals surface area contributed by atoms with Crippen LogP contribution in [-0.2, 0) is 0 Å². The Kier molecular flexibility index (Phi) is 6.75. The minimum Gasteiger partial charge on any atom is -0.490 e. The van der Waals surface area contributed by atoms with Gasteiger partial charge in [-0.2, -0.15) is 9.78 Å². The van der Waals surface area contributed by atoms with E-state index in [1.54, 1.807) is 12.3 Å². The fourth-order valence-electron chi connectivity index (χ4n) is 3.63. The zero-order chi connectivity index (χ0) is 24.5. The third-order valence-electron chi connectivity index (χ3n) is 5.63. The van der Waals surface area contributed by atoms with Crippen LogP contribution in [0.1, 0.15) is 25.8 Å². The number of ether oxygens (including phenoxy) is 1. The number of benzene rings is 3. The largest absolute Gasteiger partial charge is 0.490 e. The van der Waals surface area contributed by atoms with E-state index in [2.05, 4.69) is 50.5 Å². The predicted molar refractivity (Wildman–Crippen MR) is 151 cm³/mol. The van der Waals surface area contributed by atoms with E-state index in [4.69, 9.17) is 14.1 Å². The van der Waals surface area contributed by atoms with Crippen molar-refractivity contribution in [3.8, 4) is 17.3 Å². The molecule has 0 bridgehead atoms. The molecule has 3 aromatic carbocycles. The number of halogens is 2. The summed E-state index contributed by atoms with van der Waals surface area (Å²) in [6, 6.07) is 20.7. The maximum atomic E-state index is 13.4. The predicted octanol–water partition coefficient (Wildman–Crippen LogP) is 7.24. The van der Waals surface area contributed by atoms with Crippen molar-refractivity contribution < 1.29 is 9.15 Å². The molecule has 0 aliphatic heterocycles. The lowest BCUT2D eigenvalue weighted by Crippen LogP contribution is -2.20. The summed E-state index contributed by atoms with van der Waals surface area (Å²) in [5, 5.41) is 5.93. The molecule has 0 amide bonds. The van der Waals surface area contributed by atoms with Gasteiger partial charge in [0, 0.05) is 9.86 Å². The van der Waals surface area contributed by atoms with Crippen LogP contribution >= 0.6 is 38.5 Å². The van der Waals surface area contributed by atoms with Crippen molar-refractivity contribution in [2.45, 2.75) is 26.4 Å². The standard InChI is InChI=1S/C27H21BrIN3O3/c1-3-16(2)34-24-10-8-17(12-21(24)29)15-30-32-26(31-22-7-5-4-6-20(22)27(32)33)25-14-18-13-19(28)9-11-23(18)35-25/h4-16H,3H2,1-2H3/t16-/m1/s1. The Morgan fingerprint density at radius 2 is 2.00 bits per heavy atom. The molecule has 0 spiro atoms. The van der Waals surface area contributed by atoms with Crippen molar-refractivity contribution in [1.82, 2.24) is 9.66 Å². The molecule has 176 valence electrons. The van der Waals surface area contributed by atoms with Gasteiger partial charge < -0.3 is 9.15 Å². The quantitative estimate of drug-likeness (QED) is 0.145. The molecule has 8 heteroatoms. The number of furan rings is 1. The molecule has 6 nitrogen and oxygen atoms in total. The van der Waals surface area contributed by atoms with Gasteiger partial charge >= 0.3 is 0 Å². The fourth-order valence-corrected chi connectivity index (χ4v) is 4.68. The maximum absolute atomic E-state index is 13.4. The molecule has 0 aliphatic rings. The van der Waals surface area contributed by atoms with E-state index in [0.717, 1.165) is 31.2 Å². The Bertz CT molecular complexity index is 1640. The third-order valence-corrected chi connectivity index (χ3v) is 6.97. The Balaban J connectivity index is 1.61. The molecule has 5 aromatic rings. The zero-order valence-corrected chi connectivity index (χ0v) is 22.8. The fraction of sp³-hybridized carbons (Fsp3) is 0.148. The van der Waals surface area contributed by atoms with Gasteiger partial charge in [-0.1, -0.05) is 35.0 Å². The summed E-state index contributed by atoms with van der Waals surface area (Å²) in [6.45, 7) is 4.13. The van der Waals surface area contributed by atoms with Gasteiger partial charge in [0.25, 0.3) is 5.56 Å². The molecule has 2 aromatic heterocycles. The first-order valence-electron chi connectivity index (χ1n) is 11.1. The number of hydrogen-bond donors (Lipinski definition) is 0. The van der Waals surface area contributed by atoms with E-state index in [1.165, 1.54) is 4.68 Å². The van der Waals surface area contributed by atoms with Gasteiger partial charge in [0.1, 0.15) is 11.3 Å². The number of fused-ring (bicyclic) bond motifs is 2. The summed E-state index contributed by atoms with van der Waals surface area (Å²) in [6.07, 6.45) is 2.71. The topological polar surface area (TPSA) is 69.6 Å². The SMILES string of the molecule is CC[C@@H](C)Oc1ccc(C=Nn2c(-c3cc4cc(Br)ccc4o3)nc3ccccc3c2=O)cc1I. The van der Waals surface area contributed by atoms with Crippen LogP contribution in [0.25, 0.3) is 33.5 Å². The highest BCUT2D eigenvalue weighted by Gasteiger charge is 2.16. The summed E-state index contributed by atoms with van der Waals surface area (Å²) in [7, 11) is 0. The average Bonchev–Trinajstić information content (AvgIpc) is 3.28. The van der Waals surface area contributed by atoms with Crippen LogP contribution in [0.2, 0.25) is 0 Å². The summed E-state index contributed by atoms with van der Waals surface area (Å²) < 4.78 is 15.2. The Morgan fingerprint density at radius 1 is 1.17 bits per heavy atom. The molecular weight excluding hydrogens is 621 g/mol. The minimum absolute atomic E-state index is 0.136. The second-order valence-corrected chi connectivity index (χ2v) is 10.2. The average molecular weight is 642 g/mol. The van der Waals surface area contributed by atoms with Crippen molar-refractivity contribution in [1.29, 1.82) is 0 Å². The van der Waals surface area contributed by atoms with Gasteiger partial charge in [-0.05, 0) is 96.1 Å². The maximum Gasteiger partial charge on any atom is 0.282 e. The number of nitrogens with zero attached hydrogens (tertiary/aromatic N) is 3. The zero-order valence-electron chi connectivity index (χ0n) is 19.0. The summed E-state index contributed by atoms with van der Waals surface area (Å²) in [5.41, 5.74) is 1.86. The molecule has 0 radical (unpaired) electrons. The number of rotatable bonds is 6. The second-order valence-electron chi connectivity index (χ2n) is 8.13. The first kappa shape index (κ1) is 23.7. The van der Waals surface area contributed by atoms with Gasteiger partial charge in [-0.25, -0.2) is 4.98 Å². The summed E-state index contributed by atoms with van der Waals surface area (Å²) in [5.74, 6) is 1.63. The summed E-state index contributed by atoms with van der Waals surface area (Å²) >= 11 is 5.74. The van der Waals surface area contributed by atoms with Crippen LogP contribution < -0.4 is 10.3 Å². The lowest BCUT2D eigenvalue weighted by atomic mass is 10.2. The van der Waals surface area contributed by atoms with E-state index in [0.29, 0.717) is 28.1 Å². The van der Waals surface area contributed by atoms with Gasteiger partial charge in [0.15, 0.2) is 5.76 Å². The highest BCUT2D eigenvalue weighted by atomic mass is 127. The molecule has 35 heavy (non-hydrogen) atoms. The van der Waals surface area contributed by atoms with Gasteiger partial charge in [-0.15, -0.1) is 0 Å². The van der Waals surface area contributed by atoms with Crippen molar-refractivity contribution in [3.05, 3.63) is 90.7 Å². The van der Waals surface area contributed by atoms with Crippen LogP contribution in [0, 0.1) is 3.57 Å². The first-order valence-corrected chi connectivity index (χ1v) is 13.0. The molecule has 5 rings (SSSR count). The van der Waals surface area contributed by atoms with Crippen LogP contribution in [-0.4, -0.2) is 22.0 Å². The van der Waals surface area contributed by atoms with Crippen molar-refractivity contribution in [2.24, 2.45) is 5.10 Å². The highest BCUT2D eigenvalue weighted by molar-refractivity contribution is 14.1. The summed E-state index contributed by atoms with van der Waals surface area (Å²) in [4.78, 5) is 18.2. The molecular formula is C27H21BrIN3O3. The van der Waals surface area contributed by atoms with Crippen molar-refractivity contribution in [3.63, 3.8) is 0 Å². The number of hydrogen-bond acceptors (Lipinski definition) is 5. The lowest BCUT2D eigenvalue weighted by molar-refractivity contribution is 0.216. The third kappa shape index (κ3) is 4.90. The highest BCUT2D eigenvalue weighted by Crippen LogP contribution is 2.29. The van der Waals surface area contributed by atoms with Crippen LogP contribution in [0.15, 0.2) is 85.5 Å². The molecule has 0 saturated heterocycles.